The Morgan fingerprint density at radius 3 is 2.42 bits per heavy atom. The zero-order chi connectivity index (χ0) is 22.1. The summed E-state index contributed by atoms with van der Waals surface area (Å²) in [6.45, 7) is 4.00. The topological polar surface area (TPSA) is 59.8 Å². The van der Waals surface area contributed by atoms with Gasteiger partial charge in [-0.3, -0.25) is 4.79 Å². The molecule has 0 unspecified atom stereocenters. The number of aryl methyl sites for hydroxylation is 2. The van der Waals surface area contributed by atoms with E-state index in [1.807, 2.05) is 44.2 Å². The van der Waals surface area contributed by atoms with Crippen molar-refractivity contribution in [3.05, 3.63) is 92.7 Å². The molecule has 4 aromatic rings. The van der Waals surface area contributed by atoms with E-state index in [0.29, 0.717) is 26.6 Å². The van der Waals surface area contributed by atoms with Gasteiger partial charge in [-0.2, -0.15) is 0 Å². The van der Waals surface area contributed by atoms with Gasteiger partial charge >= 0.3 is 0 Å². The summed E-state index contributed by atoms with van der Waals surface area (Å²) < 4.78 is 1.65. The first-order valence-electron chi connectivity index (χ1n) is 9.39. The van der Waals surface area contributed by atoms with E-state index >= 15 is 0 Å². The molecule has 5 nitrogen and oxygen atoms in total. The molecule has 0 saturated carbocycles. The van der Waals surface area contributed by atoms with Crippen LogP contribution in [0.1, 0.15) is 21.7 Å². The summed E-state index contributed by atoms with van der Waals surface area (Å²) in [7, 11) is 0. The molecular weight excluding hydrogens is 455 g/mol. The van der Waals surface area contributed by atoms with Crippen LogP contribution in [0.3, 0.4) is 0 Å². The van der Waals surface area contributed by atoms with Crippen molar-refractivity contribution < 1.29 is 4.79 Å². The molecular formula is C23H17Cl3N4O. The minimum atomic E-state index is -0.490. The van der Waals surface area contributed by atoms with Gasteiger partial charge in [-0.05, 0) is 55.8 Å². The zero-order valence-electron chi connectivity index (χ0n) is 16.7. The third kappa shape index (κ3) is 4.59. The van der Waals surface area contributed by atoms with E-state index in [1.54, 1.807) is 35.0 Å². The van der Waals surface area contributed by atoms with Gasteiger partial charge in [-0.15, -0.1) is 5.10 Å². The monoisotopic (exact) mass is 470 g/mol. The summed E-state index contributed by atoms with van der Waals surface area (Å²) >= 11 is 18.3. The predicted octanol–water partition coefficient (Wildman–Crippen LogP) is 6.76. The van der Waals surface area contributed by atoms with Crippen molar-refractivity contribution >= 4 is 46.4 Å². The zero-order valence-corrected chi connectivity index (χ0v) is 18.9. The number of carbonyl (C=O) groups is 1. The summed E-state index contributed by atoms with van der Waals surface area (Å²) in [6.07, 6.45) is 0. The smallest absolute Gasteiger partial charge is 0.295 e. The second-order valence-electron chi connectivity index (χ2n) is 7.05. The molecule has 1 heterocycles. The quantitative estimate of drug-likeness (QED) is 0.357. The molecule has 0 atom stereocenters. The number of anilines is 1. The van der Waals surface area contributed by atoms with Crippen LogP contribution in [0.4, 0.5) is 5.69 Å². The van der Waals surface area contributed by atoms with Crippen molar-refractivity contribution in [2.75, 3.05) is 5.32 Å². The fourth-order valence-corrected chi connectivity index (χ4v) is 3.85. The molecule has 1 amide bonds. The van der Waals surface area contributed by atoms with E-state index in [9.17, 15) is 4.79 Å². The van der Waals surface area contributed by atoms with Crippen LogP contribution in [0.5, 0.6) is 0 Å². The number of amides is 1. The van der Waals surface area contributed by atoms with Gasteiger partial charge in [0.15, 0.2) is 5.82 Å². The number of rotatable bonds is 4. The Labute approximate surface area is 194 Å². The maximum atomic E-state index is 12.9. The average molecular weight is 472 g/mol. The van der Waals surface area contributed by atoms with Crippen LogP contribution in [0.25, 0.3) is 17.1 Å². The van der Waals surface area contributed by atoms with Crippen LogP contribution in [0, 0.1) is 13.8 Å². The number of nitrogens with one attached hydrogen (secondary N) is 1. The Balaban J connectivity index is 1.80. The number of hydrogen-bond acceptors (Lipinski definition) is 3. The summed E-state index contributed by atoms with van der Waals surface area (Å²) in [5.41, 5.74) is 4.10. The first kappa shape index (κ1) is 21.4. The lowest BCUT2D eigenvalue weighted by molar-refractivity contribution is 0.101. The Morgan fingerprint density at radius 2 is 1.71 bits per heavy atom. The van der Waals surface area contributed by atoms with E-state index < -0.39 is 5.91 Å². The van der Waals surface area contributed by atoms with E-state index in [2.05, 4.69) is 15.4 Å². The average Bonchev–Trinajstić information content (AvgIpc) is 3.15. The number of halogens is 3. The van der Waals surface area contributed by atoms with Crippen molar-refractivity contribution in [1.82, 2.24) is 14.8 Å². The first-order valence-corrected chi connectivity index (χ1v) is 10.5. The third-order valence-corrected chi connectivity index (χ3v) is 5.44. The van der Waals surface area contributed by atoms with Gasteiger partial charge in [-0.1, -0.05) is 64.6 Å². The first-order chi connectivity index (χ1) is 14.8. The van der Waals surface area contributed by atoms with E-state index in [-0.39, 0.29) is 5.82 Å². The SMILES string of the molecule is Cc1ccc(-n2nc(C(=O)Nc3ccc(Cl)cc3Cl)nc2-c2cccc(Cl)c2)c(C)c1. The van der Waals surface area contributed by atoms with E-state index in [1.165, 1.54) is 0 Å². The van der Waals surface area contributed by atoms with Crippen LogP contribution >= 0.6 is 34.8 Å². The maximum absolute atomic E-state index is 12.9. The molecule has 0 radical (unpaired) electrons. The number of hydrogen-bond donors (Lipinski definition) is 1. The lowest BCUT2D eigenvalue weighted by Gasteiger charge is -2.10. The van der Waals surface area contributed by atoms with Crippen LogP contribution < -0.4 is 5.32 Å². The van der Waals surface area contributed by atoms with Gasteiger partial charge in [0.05, 0.1) is 16.4 Å². The second kappa shape index (κ2) is 8.71. The summed E-state index contributed by atoms with van der Waals surface area (Å²) in [4.78, 5) is 17.4. The Bertz CT molecular complexity index is 1300. The van der Waals surface area contributed by atoms with Crippen molar-refractivity contribution in [3.8, 4) is 17.1 Å². The van der Waals surface area contributed by atoms with Crippen molar-refractivity contribution in [1.29, 1.82) is 0 Å². The van der Waals surface area contributed by atoms with Gasteiger partial charge in [0.2, 0.25) is 5.82 Å². The fourth-order valence-electron chi connectivity index (χ4n) is 3.20. The highest BCUT2D eigenvalue weighted by Gasteiger charge is 2.20. The van der Waals surface area contributed by atoms with Gasteiger partial charge in [0.1, 0.15) is 0 Å². The highest BCUT2D eigenvalue weighted by molar-refractivity contribution is 6.36. The molecule has 0 spiro atoms. The molecule has 0 aliphatic heterocycles. The molecule has 0 aliphatic rings. The van der Waals surface area contributed by atoms with E-state index in [4.69, 9.17) is 34.8 Å². The molecule has 1 N–H and O–H groups in total. The van der Waals surface area contributed by atoms with Gasteiger partial charge in [-0.25, -0.2) is 9.67 Å². The van der Waals surface area contributed by atoms with Gasteiger partial charge in [0, 0.05) is 15.6 Å². The number of carbonyl (C=O) groups excluding carboxylic acids is 1. The van der Waals surface area contributed by atoms with Crippen LogP contribution in [-0.4, -0.2) is 20.7 Å². The minimum absolute atomic E-state index is 0.000896. The number of nitrogens with zero attached hydrogens (tertiary/aromatic N) is 3. The Hall–Kier alpha value is -2.86. The lowest BCUT2D eigenvalue weighted by atomic mass is 10.1. The maximum Gasteiger partial charge on any atom is 0.295 e. The summed E-state index contributed by atoms with van der Waals surface area (Å²) in [5.74, 6) is 0.0128. The standard InChI is InChI=1S/C23H17Cl3N4O/c1-13-6-9-20(14(2)10-13)30-22(15-4-3-5-16(24)11-15)28-21(29-30)23(31)27-19-8-7-17(25)12-18(19)26/h3-12H,1-2H3,(H,27,31). The van der Waals surface area contributed by atoms with Gasteiger partial charge < -0.3 is 5.32 Å². The van der Waals surface area contributed by atoms with E-state index in [0.717, 1.165) is 22.4 Å². The van der Waals surface area contributed by atoms with Crippen LogP contribution in [-0.2, 0) is 0 Å². The molecule has 0 saturated heterocycles. The molecule has 4 rings (SSSR count). The Morgan fingerprint density at radius 1 is 0.935 bits per heavy atom. The molecule has 0 fully saturated rings. The normalized spacial score (nSPS) is 10.9. The van der Waals surface area contributed by atoms with Crippen LogP contribution in [0.2, 0.25) is 15.1 Å². The highest BCUT2D eigenvalue weighted by atomic mass is 35.5. The molecule has 0 bridgehead atoms. The molecule has 1 aromatic heterocycles. The Kier molecular flexibility index (Phi) is 6.01. The predicted molar refractivity (Wildman–Crippen MR) is 126 cm³/mol. The fraction of sp³-hybridized carbons (Fsp3) is 0.0870. The molecule has 31 heavy (non-hydrogen) atoms. The van der Waals surface area contributed by atoms with Crippen LogP contribution in [0.15, 0.2) is 60.7 Å². The summed E-state index contributed by atoms with van der Waals surface area (Å²) in [5, 5.41) is 8.60. The van der Waals surface area contributed by atoms with Crippen molar-refractivity contribution in [2.24, 2.45) is 0 Å². The summed E-state index contributed by atoms with van der Waals surface area (Å²) in [6, 6.07) is 18.1. The molecule has 156 valence electrons. The molecule has 3 aromatic carbocycles. The second-order valence-corrected chi connectivity index (χ2v) is 8.33. The number of benzene rings is 3. The molecule has 0 aliphatic carbocycles. The largest absolute Gasteiger partial charge is 0.318 e. The van der Waals surface area contributed by atoms with Gasteiger partial charge in [0.25, 0.3) is 5.91 Å². The number of aromatic nitrogens is 3. The molecule has 8 heteroatoms. The lowest BCUT2D eigenvalue weighted by Crippen LogP contribution is -2.14. The van der Waals surface area contributed by atoms with Crippen molar-refractivity contribution in [3.63, 3.8) is 0 Å². The van der Waals surface area contributed by atoms with Crippen molar-refractivity contribution in [2.45, 2.75) is 13.8 Å². The highest BCUT2D eigenvalue weighted by Crippen LogP contribution is 2.28. The minimum Gasteiger partial charge on any atom is -0.318 e. The third-order valence-electron chi connectivity index (χ3n) is 4.65.